The molecule has 1 aliphatic heterocycles. The minimum absolute atomic E-state index is 0.0322. The summed E-state index contributed by atoms with van der Waals surface area (Å²) in [5, 5.41) is 14.0. The van der Waals surface area contributed by atoms with E-state index in [9.17, 15) is 19.2 Å². The molecule has 30 heavy (non-hydrogen) atoms. The SMILES string of the molecule is COc1ccc(C(=O)NC2CCN(C(=O)CNC(=O)[C@H](C)CC(=O)NO)CC2)cc1. The van der Waals surface area contributed by atoms with Crippen LogP contribution >= 0.6 is 0 Å². The molecule has 0 aromatic heterocycles. The van der Waals surface area contributed by atoms with Crippen LogP contribution in [0, 0.1) is 5.92 Å². The van der Waals surface area contributed by atoms with Crippen molar-refractivity contribution in [1.29, 1.82) is 0 Å². The molecule has 1 atom stereocenters. The van der Waals surface area contributed by atoms with Gasteiger partial charge in [0.2, 0.25) is 17.7 Å². The highest BCUT2D eigenvalue weighted by molar-refractivity contribution is 5.94. The second-order valence-corrected chi connectivity index (χ2v) is 7.21. The Hall–Kier alpha value is -3.14. The molecule has 0 spiro atoms. The number of nitrogens with zero attached hydrogens (tertiary/aromatic N) is 1. The van der Waals surface area contributed by atoms with Crippen LogP contribution in [0.1, 0.15) is 36.5 Å². The van der Waals surface area contributed by atoms with Crippen molar-refractivity contribution < 1.29 is 29.1 Å². The molecule has 1 aliphatic rings. The van der Waals surface area contributed by atoms with Gasteiger partial charge in [0.15, 0.2) is 0 Å². The summed E-state index contributed by atoms with van der Waals surface area (Å²) >= 11 is 0. The molecule has 1 heterocycles. The second-order valence-electron chi connectivity index (χ2n) is 7.21. The molecule has 2 rings (SSSR count). The van der Waals surface area contributed by atoms with E-state index in [1.165, 1.54) is 12.4 Å². The number of likely N-dealkylation sites (tertiary alicyclic amines) is 1. The van der Waals surface area contributed by atoms with Gasteiger partial charge in [-0.05, 0) is 37.1 Å². The first-order valence-corrected chi connectivity index (χ1v) is 9.77. The van der Waals surface area contributed by atoms with E-state index in [0.717, 1.165) is 0 Å². The summed E-state index contributed by atoms with van der Waals surface area (Å²) in [5.74, 6) is -1.48. The third kappa shape index (κ3) is 6.73. The molecule has 0 unspecified atom stereocenters. The van der Waals surface area contributed by atoms with Gasteiger partial charge in [-0.1, -0.05) is 6.92 Å². The van der Waals surface area contributed by atoms with Crippen LogP contribution in [-0.4, -0.2) is 66.5 Å². The van der Waals surface area contributed by atoms with Crippen LogP contribution in [0.4, 0.5) is 0 Å². The highest BCUT2D eigenvalue weighted by atomic mass is 16.5. The Morgan fingerprint density at radius 2 is 1.80 bits per heavy atom. The van der Waals surface area contributed by atoms with Crippen LogP contribution in [0.5, 0.6) is 5.75 Å². The van der Waals surface area contributed by atoms with E-state index in [1.807, 2.05) is 0 Å². The topological polar surface area (TPSA) is 137 Å². The maximum Gasteiger partial charge on any atom is 0.251 e. The maximum atomic E-state index is 12.3. The quantitative estimate of drug-likeness (QED) is 0.347. The fourth-order valence-corrected chi connectivity index (χ4v) is 3.15. The summed E-state index contributed by atoms with van der Waals surface area (Å²) in [6.07, 6.45) is 1.07. The Morgan fingerprint density at radius 1 is 1.17 bits per heavy atom. The molecule has 0 saturated carbocycles. The number of amides is 4. The Morgan fingerprint density at radius 3 is 2.37 bits per heavy atom. The van der Waals surface area contributed by atoms with Crippen LogP contribution < -0.4 is 20.9 Å². The number of piperidine rings is 1. The minimum Gasteiger partial charge on any atom is -0.497 e. The number of rotatable bonds is 8. The highest BCUT2D eigenvalue weighted by Gasteiger charge is 2.25. The first-order valence-electron chi connectivity index (χ1n) is 9.77. The molecule has 164 valence electrons. The Balaban J connectivity index is 1.72. The predicted molar refractivity (Wildman–Crippen MR) is 107 cm³/mol. The number of hydrogen-bond donors (Lipinski definition) is 4. The van der Waals surface area contributed by atoms with Gasteiger partial charge in [-0.2, -0.15) is 0 Å². The summed E-state index contributed by atoms with van der Waals surface area (Å²) in [4.78, 5) is 49.3. The van der Waals surface area contributed by atoms with Crippen LogP contribution in [0.15, 0.2) is 24.3 Å². The number of carbonyl (C=O) groups is 4. The number of ether oxygens (including phenoxy) is 1. The van der Waals surface area contributed by atoms with Gasteiger partial charge in [0.1, 0.15) is 5.75 Å². The number of hydrogen-bond acceptors (Lipinski definition) is 6. The zero-order valence-electron chi connectivity index (χ0n) is 17.1. The summed E-state index contributed by atoms with van der Waals surface area (Å²) < 4.78 is 5.08. The summed E-state index contributed by atoms with van der Waals surface area (Å²) in [6, 6.07) is 6.81. The zero-order valence-corrected chi connectivity index (χ0v) is 17.1. The molecule has 4 amide bonds. The largest absolute Gasteiger partial charge is 0.497 e. The third-order valence-corrected chi connectivity index (χ3v) is 5.01. The van der Waals surface area contributed by atoms with E-state index >= 15 is 0 Å². The van der Waals surface area contributed by atoms with Crippen molar-refractivity contribution in [3.05, 3.63) is 29.8 Å². The zero-order chi connectivity index (χ0) is 22.1. The standard InChI is InChI=1S/C20H28N4O6/c1-13(11-17(25)23-29)19(27)21-12-18(26)24-9-7-15(8-10-24)22-20(28)14-3-5-16(30-2)6-4-14/h3-6,13,15,29H,7-12H2,1-2H3,(H,21,27)(H,22,28)(H,23,25)/t13-/m1/s1. The lowest BCUT2D eigenvalue weighted by atomic mass is 10.0. The Labute approximate surface area is 174 Å². The normalized spacial score (nSPS) is 15.1. The van der Waals surface area contributed by atoms with Gasteiger partial charge >= 0.3 is 0 Å². The molecule has 0 aliphatic carbocycles. The van der Waals surface area contributed by atoms with Crippen molar-refractivity contribution in [3.8, 4) is 5.75 Å². The lowest BCUT2D eigenvalue weighted by molar-refractivity contribution is -0.136. The fourth-order valence-electron chi connectivity index (χ4n) is 3.15. The van der Waals surface area contributed by atoms with Gasteiger partial charge in [-0.25, -0.2) is 5.48 Å². The molecule has 1 aromatic carbocycles. The summed E-state index contributed by atoms with van der Waals surface area (Å²) in [7, 11) is 1.56. The van der Waals surface area contributed by atoms with E-state index in [4.69, 9.17) is 9.94 Å². The maximum absolute atomic E-state index is 12.3. The van der Waals surface area contributed by atoms with E-state index in [1.54, 1.807) is 36.3 Å². The van der Waals surface area contributed by atoms with Crippen LogP contribution in [-0.2, 0) is 14.4 Å². The van der Waals surface area contributed by atoms with Gasteiger partial charge < -0.3 is 20.3 Å². The Kier molecular flexibility index (Phi) is 8.60. The minimum atomic E-state index is -0.664. The van der Waals surface area contributed by atoms with E-state index < -0.39 is 17.7 Å². The van der Waals surface area contributed by atoms with Crippen molar-refractivity contribution in [3.63, 3.8) is 0 Å². The lowest BCUT2D eigenvalue weighted by Crippen LogP contribution is -2.49. The molecule has 1 aromatic rings. The average molecular weight is 420 g/mol. The van der Waals surface area contributed by atoms with Gasteiger partial charge in [0.05, 0.1) is 13.7 Å². The van der Waals surface area contributed by atoms with Gasteiger partial charge in [0, 0.05) is 37.0 Å². The molecular formula is C20H28N4O6. The van der Waals surface area contributed by atoms with E-state index in [2.05, 4.69) is 10.6 Å². The number of benzene rings is 1. The van der Waals surface area contributed by atoms with Gasteiger partial charge in [-0.15, -0.1) is 0 Å². The molecule has 0 radical (unpaired) electrons. The number of methoxy groups -OCH3 is 1. The molecule has 1 saturated heterocycles. The second kappa shape index (κ2) is 11.1. The predicted octanol–water partition coefficient (Wildman–Crippen LogP) is 0.0638. The van der Waals surface area contributed by atoms with Gasteiger partial charge in [-0.3, -0.25) is 24.4 Å². The number of hydroxylamine groups is 1. The number of nitrogens with one attached hydrogen (secondary N) is 3. The average Bonchev–Trinajstić information content (AvgIpc) is 2.77. The summed E-state index contributed by atoms with van der Waals surface area (Å²) in [5.41, 5.74) is 2.01. The van der Waals surface area contributed by atoms with Gasteiger partial charge in [0.25, 0.3) is 5.91 Å². The van der Waals surface area contributed by atoms with Crippen LogP contribution in [0.3, 0.4) is 0 Å². The van der Waals surface area contributed by atoms with Crippen molar-refractivity contribution in [2.45, 2.75) is 32.2 Å². The smallest absolute Gasteiger partial charge is 0.251 e. The first-order chi connectivity index (χ1) is 14.3. The molecule has 1 fully saturated rings. The Bertz CT molecular complexity index is 759. The van der Waals surface area contributed by atoms with Crippen molar-refractivity contribution in [1.82, 2.24) is 21.0 Å². The third-order valence-electron chi connectivity index (χ3n) is 5.01. The lowest BCUT2D eigenvalue weighted by Gasteiger charge is -2.32. The fraction of sp³-hybridized carbons (Fsp3) is 0.500. The highest BCUT2D eigenvalue weighted by Crippen LogP contribution is 2.14. The van der Waals surface area contributed by atoms with Crippen LogP contribution in [0.25, 0.3) is 0 Å². The summed E-state index contributed by atoms with van der Waals surface area (Å²) in [6.45, 7) is 2.33. The monoisotopic (exact) mass is 420 g/mol. The van der Waals surface area contributed by atoms with Crippen molar-refractivity contribution in [2.24, 2.45) is 5.92 Å². The van der Waals surface area contributed by atoms with E-state index in [0.29, 0.717) is 37.2 Å². The van der Waals surface area contributed by atoms with Crippen molar-refractivity contribution in [2.75, 3.05) is 26.7 Å². The van der Waals surface area contributed by atoms with Crippen LogP contribution in [0.2, 0.25) is 0 Å². The first kappa shape index (κ1) is 23.1. The molecule has 10 heteroatoms. The molecule has 4 N–H and O–H groups in total. The molecule has 0 bridgehead atoms. The number of carbonyl (C=O) groups excluding carboxylic acids is 4. The van der Waals surface area contributed by atoms with E-state index in [-0.39, 0.29) is 30.8 Å². The molecule has 10 nitrogen and oxygen atoms in total. The van der Waals surface area contributed by atoms with Crippen molar-refractivity contribution >= 4 is 23.6 Å². The molecular weight excluding hydrogens is 392 g/mol.